The van der Waals surface area contributed by atoms with Crippen molar-refractivity contribution in [2.24, 2.45) is 0 Å². The quantitative estimate of drug-likeness (QED) is 0.568. The minimum absolute atomic E-state index is 0.243. The Morgan fingerprint density at radius 1 is 0.962 bits per heavy atom. The fourth-order valence-corrected chi connectivity index (χ4v) is 2.67. The number of para-hydroxylation sites is 1. The van der Waals surface area contributed by atoms with E-state index in [0.29, 0.717) is 29.6 Å². The first-order valence-corrected chi connectivity index (χ1v) is 9.05. The van der Waals surface area contributed by atoms with Gasteiger partial charge < -0.3 is 14.4 Å². The van der Waals surface area contributed by atoms with E-state index in [1.165, 1.54) is 0 Å². The van der Waals surface area contributed by atoms with Gasteiger partial charge in [-0.05, 0) is 56.4 Å². The van der Waals surface area contributed by atoms with Gasteiger partial charge in [-0.1, -0.05) is 24.3 Å². The molecule has 0 unspecified atom stereocenters. The number of carbonyl (C=O) groups excluding carboxylic acids is 1. The van der Waals surface area contributed by atoms with Crippen LogP contribution in [0.5, 0.6) is 11.5 Å². The predicted octanol–water partition coefficient (Wildman–Crippen LogP) is 3.50. The number of ether oxygens (including phenoxy) is 2. The molecule has 0 radical (unpaired) electrons. The highest BCUT2D eigenvalue weighted by Gasteiger charge is 2.12. The fourth-order valence-electron chi connectivity index (χ4n) is 2.32. The molecule has 5 nitrogen and oxygen atoms in total. The Morgan fingerprint density at radius 3 is 2.23 bits per heavy atom. The second kappa shape index (κ2) is 10.4. The van der Waals surface area contributed by atoms with E-state index in [4.69, 9.17) is 21.7 Å². The molecule has 6 heteroatoms. The van der Waals surface area contributed by atoms with Crippen molar-refractivity contribution in [2.75, 3.05) is 26.3 Å². The topological polar surface area (TPSA) is 50.8 Å². The normalized spacial score (nSPS) is 10.1. The van der Waals surface area contributed by atoms with Crippen LogP contribution in [0.2, 0.25) is 0 Å². The summed E-state index contributed by atoms with van der Waals surface area (Å²) in [7, 11) is 0. The summed E-state index contributed by atoms with van der Waals surface area (Å²) in [6.45, 7) is 6.30. The van der Waals surface area contributed by atoms with Crippen molar-refractivity contribution in [3.8, 4) is 11.5 Å². The van der Waals surface area contributed by atoms with E-state index in [1.54, 1.807) is 18.2 Å². The molecule has 0 saturated heterocycles. The minimum Gasteiger partial charge on any atom is -0.490 e. The molecule has 0 atom stereocenters. The van der Waals surface area contributed by atoms with Crippen LogP contribution in [-0.2, 0) is 0 Å². The van der Waals surface area contributed by atoms with Crippen LogP contribution in [0.1, 0.15) is 24.2 Å². The molecule has 0 bridgehead atoms. The second-order valence-electron chi connectivity index (χ2n) is 5.47. The summed E-state index contributed by atoms with van der Waals surface area (Å²) in [5, 5.41) is 3.19. The molecule has 2 aromatic carbocycles. The van der Waals surface area contributed by atoms with E-state index >= 15 is 0 Å². The maximum absolute atomic E-state index is 12.4. The average molecular weight is 372 g/mol. The maximum Gasteiger partial charge on any atom is 0.257 e. The lowest BCUT2D eigenvalue weighted by Gasteiger charge is -2.21. The molecule has 138 valence electrons. The van der Waals surface area contributed by atoms with Gasteiger partial charge in [-0.15, -0.1) is 0 Å². The fraction of sp³-hybridized carbons (Fsp3) is 0.300. The van der Waals surface area contributed by atoms with E-state index in [2.05, 4.69) is 5.32 Å². The first-order valence-electron chi connectivity index (χ1n) is 8.65. The summed E-state index contributed by atoms with van der Waals surface area (Å²) in [4.78, 5) is 14.3. The van der Waals surface area contributed by atoms with Crippen molar-refractivity contribution < 1.29 is 14.3 Å². The summed E-state index contributed by atoms with van der Waals surface area (Å²) in [5.74, 6) is 1.17. The van der Waals surface area contributed by atoms with Crippen LogP contribution < -0.4 is 14.8 Å². The zero-order valence-corrected chi connectivity index (χ0v) is 15.9. The number of rotatable bonds is 8. The molecule has 26 heavy (non-hydrogen) atoms. The van der Waals surface area contributed by atoms with Crippen molar-refractivity contribution in [3.05, 3.63) is 60.2 Å². The van der Waals surface area contributed by atoms with Gasteiger partial charge in [-0.2, -0.15) is 0 Å². The summed E-state index contributed by atoms with van der Waals surface area (Å²) in [5.41, 5.74) is 0.501. The lowest BCUT2D eigenvalue weighted by Crippen LogP contribution is -2.42. The number of amides is 1. The minimum atomic E-state index is -0.243. The molecular formula is C20H24N2O3S. The van der Waals surface area contributed by atoms with Gasteiger partial charge in [0.2, 0.25) is 0 Å². The van der Waals surface area contributed by atoms with Crippen LogP contribution in [0.15, 0.2) is 54.6 Å². The zero-order chi connectivity index (χ0) is 18.8. The largest absolute Gasteiger partial charge is 0.490 e. The molecule has 0 fully saturated rings. The highest BCUT2D eigenvalue weighted by molar-refractivity contribution is 7.80. The molecule has 1 N–H and O–H groups in total. The van der Waals surface area contributed by atoms with Gasteiger partial charge in [-0.25, -0.2) is 0 Å². The molecule has 0 spiro atoms. The molecule has 0 aliphatic carbocycles. The lowest BCUT2D eigenvalue weighted by molar-refractivity contribution is 0.0973. The van der Waals surface area contributed by atoms with Crippen molar-refractivity contribution in [3.63, 3.8) is 0 Å². The van der Waals surface area contributed by atoms with Crippen LogP contribution in [0.4, 0.5) is 0 Å². The van der Waals surface area contributed by atoms with Crippen molar-refractivity contribution in [2.45, 2.75) is 13.8 Å². The lowest BCUT2D eigenvalue weighted by atomic mass is 10.2. The van der Waals surface area contributed by atoms with E-state index in [-0.39, 0.29) is 5.91 Å². The number of carbonyl (C=O) groups is 1. The van der Waals surface area contributed by atoms with Crippen molar-refractivity contribution in [1.29, 1.82) is 0 Å². The number of nitrogens with one attached hydrogen (secondary N) is 1. The summed E-state index contributed by atoms with van der Waals surface area (Å²) < 4.78 is 11.2. The third kappa shape index (κ3) is 6.04. The molecular weight excluding hydrogens is 348 g/mol. The number of benzene rings is 2. The van der Waals surface area contributed by atoms with Crippen LogP contribution in [0.25, 0.3) is 0 Å². The van der Waals surface area contributed by atoms with Gasteiger partial charge in [-0.3, -0.25) is 10.1 Å². The van der Waals surface area contributed by atoms with Gasteiger partial charge in [0.25, 0.3) is 5.91 Å². The molecule has 1 amide bonds. The van der Waals surface area contributed by atoms with Gasteiger partial charge >= 0.3 is 0 Å². The number of hydrogen-bond donors (Lipinski definition) is 1. The zero-order valence-electron chi connectivity index (χ0n) is 15.1. The highest BCUT2D eigenvalue weighted by atomic mass is 32.1. The molecule has 0 aliphatic rings. The first-order chi connectivity index (χ1) is 12.6. The average Bonchev–Trinajstić information content (AvgIpc) is 2.67. The van der Waals surface area contributed by atoms with Gasteiger partial charge in [0.05, 0.1) is 0 Å². The Bertz CT molecular complexity index is 718. The Balaban J connectivity index is 1.84. The Labute approximate surface area is 159 Å². The second-order valence-corrected chi connectivity index (χ2v) is 5.86. The summed E-state index contributed by atoms with van der Waals surface area (Å²) in [6, 6.07) is 16.6. The van der Waals surface area contributed by atoms with E-state index in [9.17, 15) is 4.79 Å². The van der Waals surface area contributed by atoms with Crippen molar-refractivity contribution in [1.82, 2.24) is 10.2 Å². The molecule has 0 heterocycles. The van der Waals surface area contributed by atoms with Crippen LogP contribution >= 0.6 is 12.2 Å². The molecule has 2 aromatic rings. The molecule has 0 saturated carbocycles. The maximum atomic E-state index is 12.4. The third-order valence-electron chi connectivity index (χ3n) is 3.73. The molecule has 0 aliphatic heterocycles. The monoisotopic (exact) mass is 372 g/mol. The van der Waals surface area contributed by atoms with Gasteiger partial charge in [0, 0.05) is 18.7 Å². The standard InChI is InChI=1S/C20H24N2O3S/c1-3-22(4-2)20(26)21-19(23)16-9-8-12-18(15-16)25-14-13-24-17-10-6-5-7-11-17/h5-12,15H,3-4,13-14H2,1-2H3,(H,21,23,26). The number of nitrogens with zero attached hydrogens (tertiary/aromatic N) is 1. The number of hydrogen-bond acceptors (Lipinski definition) is 4. The molecule has 0 aromatic heterocycles. The molecule has 2 rings (SSSR count). The van der Waals surface area contributed by atoms with Crippen LogP contribution in [0, 0.1) is 0 Å². The van der Waals surface area contributed by atoms with Crippen LogP contribution in [0.3, 0.4) is 0 Å². The summed E-state index contributed by atoms with van der Waals surface area (Å²) in [6.07, 6.45) is 0. The van der Waals surface area contributed by atoms with E-state index in [0.717, 1.165) is 18.8 Å². The summed E-state index contributed by atoms with van der Waals surface area (Å²) >= 11 is 5.26. The predicted molar refractivity (Wildman–Crippen MR) is 107 cm³/mol. The van der Waals surface area contributed by atoms with Crippen LogP contribution in [-0.4, -0.2) is 42.2 Å². The smallest absolute Gasteiger partial charge is 0.257 e. The number of thiocarbonyl (C=S) groups is 1. The Hall–Kier alpha value is -2.60. The van der Waals surface area contributed by atoms with E-state index in [1.807, 2.05) is 55.1 Å². The van der Waals surface area contributed by atoms with Crippen molar-refractivity contribution >= 4 is 23.2 Å². The Kier molecular flexibility index (Phi) is 7.89. The highest BCUT2D eigenvalue weighted by Crippen LogP contribution is 2.14. The first kappa shape index (κ1) is 19.7. The SMILES string of the molecule is CCN(CC)C(=S)NC(=O)c1cccc(OCCOc2ccccc2)c1. The third-order valence-corrected chi connectivity index (χ3v) is 4.09. The Morgan fingerprint density at radius 2 is 1.58 bits per heavy atom. The van der Waals surface area contributed by atoms with Gasteiger partial charge in [0.1, 0.15) is 24.7 Å². The van der Waals surface area contributed by atoms with Gasteiger partial charge in [0.15, 0.2) is 5.11 Å². The van der Waals surface area contributed by atoms with E-state index < -0.39 is 0 Å².